The van der Waals surface area contributed by atoms with Crippen LogP contribution in [0, 0.1) is 11.8 Å². The van der Waals surface area contributed by atoms with E-state index in [1.165, 1.54) is 0 Å². The molecule has 0 aromatic carbocycles. The molecule has 0 aromatic heterocycles. The van der Waals surface area contributed by atoms with E-state index >= 15 is 0 Å². The molecule has 27 heavy (non-hydrogen) atoms. The second kappa shape index (κ2) is 8.94. The van der Waals surface area contributed by atoms with E-state index in [1.54, 1.807) is 0 Å². The van der Waals surface area contributed by atoms with E-state index in [9.17, 15) is 26.4 Å². The van der Waals surface area contributed by atoms with Crippen LogP contribution in [0.5, 0.6) is 0 Å². The summed E-state index contributed by atoms with van der Waals surface area (Å²) in [6, 6.07) is -0.252. The van der Waals surface area contributed by atoms with Crippen molar-refractivity contribution in [2.75, 3.05) is 5.75 Å². The molecule has 2 aliphatic rings. The summed E-state index contributed by atoms with van der Waals surface area (Å²) in [7, 11) is -3.39. The number of fused-ring (bicyclic) bond motifs is 1. The van der Waals surface area contributed by atoms with Gasteiger partial charge in [0.05, 0.1) is 5.75 Å². The number of ether oxygens (including phenoxy) is 1. The van der Waals surface area contributed by atoms with Gasteiger partial charge in [0.1, 0.15) is 11.7 Å². The van der Waals surface area contributed by atoms with E-state index < -0.39 is 33.8 Å². The van der Waals surface area contributed by atoms with E-state index in [0.29, 0.717) is 32.1 Å². The first kappa shape index (κ1) is 22.2. The lowest BCUT2D eigenvalue weighted by atomic mass is 9.67. The summed E-state index contributed by atoms with van der Waals surface area (Å²) in [5.41, 5.74) is -1.50. The summed E-state index contributed by atoms with van der Waals surface area (Å²) in [6.45, 7) is 4.71. The number of rotatable bonds is 7. The predicted octanol–water partition coefficient (Wildman–Crippen LogP) is 3.71. The summed E-state index contributed by atoms with van der Waals surface area (Å²) >= 11 is 0. The van der Waals surface area contributed by atoms with Gasteiger partial charge in [-0.3, -0.25) is 0 Å². The number of unbranched alkanes of at least 4 members (excludes halogenated alkanes) is 1. The third-order valence-electron chi connectivity index (χ3n) is 5.57. The van der Waals surface area contributed by atoms with Crippen molar-refractivity contribution in [1.82, 2.24) is 4.72 Å². The first-order chi connectivity index (χ1) is 12.5. The molecule has 0 saturated heterocycles. The van der Waals surface area contributed by atoms with Gasteiger partial charge in [0, 0.05) is 12.0 Å². The van der Waals surface area contributed by atoms with Gasteiger partial charge in [-0.25, -0.2) is 17.9 Å². The smallest absolute Gasteiger partial charge is 0.422 e. The van der Waals surface area contributed by atoms with E-state index in [-0.39, 0.29) is 23.6 Å². The Bertz CT molecular complexity index is 647. The van der Waals surface area contributed by atoms with Crippen LogP contribution in [0.25, 0.3) is 0 Å². The zero-order chi connectivity index (χ0) is 20.2. The molecule has 2 rings (SSSR count). The van der Waals surface area contributed by atoms with Gasteiger partial charge < -0.3 is 4.74 Å². The third kappa shape index (κ3) is 5.94. The number of halogens is 3. The fourth-order valence-corrected chi connectivity index (χ4v) is 5.73. The van der Waals surface area contributed by atoms with Crippen molar-refractivity contribution >= 4 is 16.0 Å². The zero-order valence-corrected chi connectivity index (χ0v) is 16.4. The predicted molar refractivity (Wildman–Crippen MR) is 95.4 cm³/mol. The Morgan fingerprint density at radius 1 is 1.15 bits per heavy atom. The Hall–Kier alpha value is -1.09. The Morgan fingerprint density at radius 3 is 2.41 bits per heavy atom. The summed E-state index contributed by atoms with van der Waals surface area (Å²) < 4.78 is 70.4. The van der Waals surface area contributed by atoms with Crippen LogP contribution >= 0.6 is 0 Å². The van der Waals surface area contributed by atoms with Crippen LogP contribution in [0.4, 0.5) is 13.2 Å². The van der Waals surface area contributed by atoms with Crippen molar-refractivity contribution in [3.05, 3.63) is 12.2 Å². The minimum absolute atomic E-state index is 0.0270. The molecule has 0 heterocycles. The Labute approximate surface area is 158 Å². The van der Waals surface area contributed by atoms with Crippen molar-refractivity contribution < 1.29 is 31.1 Å². The van der Waals surface area contributed by atoms with Gasteiger partial charge in [-0.05, 0) is 44.4 Å². The van der Waals surface area contributed by atoms with Gasteiger partial charge in [0.2, 0.25) is 10.0 Å². The summed E-state index contributed by atoms with van der Waals surface area (Å²) in [4.78, 5) is 11.8. The van der Waals surface area contributed by atoms with Gasteiger partial charge >= 0.3 is 12.1 Å². The lowest BCUT2D eigenvalue weighted by Gasteiger charge is -2.45. The highest BCUT2D eigenvalue weighted by atomic mass is 32.2. The average Bonchev–Trinajstić information content (AvgIpc) is 2.59. The number of sulfonamides is 1. The zero-order valence-electron chi connectivity index (χ0n) is 15.6. The first-order valence-electron chi connectivity index (χ1n) is 9.52. The maximum atomic E-state index is 12.7. The fourth-order valence-electron chi connectivity index (χ4n) is 4.19. The molecule has 2 fully saturated rings. The van der Waals surface area contributed by atoms with Crippen molar-refractivity contribution in [2.45, 2.75) is 76.6 Å². The maximum absolute atomic E-state index is 12.7. The Balaban J connectivity index is 2.05. The molecule has 0 radical (unpaired) electrons. The van der Waals surface area contributed by atoms with Crippen LogP contribution in [-0.4, -0.2) is 38.5 Å². The molecule has 4 atom stereocenters. The quantitative estimate of drug-likeness (QED) is 0.512. The van der Waals surface area contributed by atoms with Crippen LogP contribution in [-0.2, 0) is 19.6 Å². The van der Waals surface area contributed by atoms with E-state index in [4.69, 9.17) is 4.74 Å². The number of hydrogen-bond acceptors (Lipinski definition) is 4. The molecule has 156 valence electrons. The van der Waals surface area contributed by atoms with Gasteiger partial charge in [-0.1, -0.05) is 26.3 Å². The van der Waals surface area contributed by atoms with Gasteiger partial charge in [0.15, 0.2) is 0 Å². The van der Waals surface area contributed by atoms with Crippen LogP contribution in [0.1, 0.15) is 58.3 Å². The van der Waals surface area contributed by atoms with Crippen molar-refractivity contribution in [3.63, 3.8) is 0 Å². The summed E-state index contributed by atoms with van der Waals surface area (Å²) in [5.74, 6) is -1.52. The number of nitrogens with one attached hydrogen (secondary N) is 1. The molecule has 5 nitrogen and oxygen atoms in total. The lowest BCUT2D eigenvalue weighted by Crippen LogP contribution is -2.51. The number of carbonyl (C=O) groups is 1. The molecule has 9 heteroatoms. The molecule has 1 N–H and O–H groups in total. The van der Waals surface area contributed by atoms with Gasteiger partial charge in [-0.15, -0.1) is 0 Å². The number of esters is 1. The molecular formula is C18H28F3NO4S. The molecule has 2 aliphatic carbocycles. The lowest BCUT2D eigenvalue weighted by molar-refractivity contribution is -0.162. The van der Waals surface area contributed by atoms with Crippen LogP contribution in [0.3, 0.4) is 0 Å². The molecule has 0 spiro atoms. The molecule has 0 amide bonds. The third-order valence-corrected chi connectivity index (χ3v) is 7.06. The highest BCUT2D eigenvalue weighted by molar-refractivity contribution is 7.89. The maximum Gasteiger partial charge on any atom is 0.422 e. The molecular weight excluding hydrogens is 383 g/mol. The molecule has 2 saturated carbocycles. The Morgan fingerprint density at radius 2 is 1.78 bits per heavy atom. The molecule has 4 unspecified atom stereocenters. The van der Waals surface area contributed by atoms with Crippen LogP contribution < -0.4 is 4.72 Å². The molecule has 0 aliphatic heterocycles. The number of carbonyl (C=O) groups excluding carboxylic acids is 1. The largest absolute Gasteiger partial charge is 0.458 e. The van der Waals surface area contributed by atoms with E-state index in [0.717, 1.165) is 19.3 Å². The monoisotopic (exact) mass is 411 g/mol. The minimum Gasteiger partial charge on any atom is -0.458 e. The highest BCUT2D eigenvalue weighted by Crippen LogP contribution is 2.42. The number of hydrogen-bond donors (Lipinski definition) is 1. The normalized spacial score (nSPS) is 29.0. The second-order valence-corrected chi connectivity index (χ2v) is 9.38. The average molecular weight is 411 g/mol. The minimum atomic E-state index is -4.81. The second-order valence-electron chi connectivity index (χ2n) is 7.51. The van der Waals surface area contributed by atoms with E-state index in [1.807, 2.05) is 6.92 Å². The SMILES string of the molecule is C=C(C(=O)OC1CCCC2C(NS(=O)(=O)CCCC)CCCC12)C(F)(F)F. The molecule has 0 aromatic rings. The summed E-state index contributed by atoms with van der Waals surface area (Å²) in [5, 5.41) is 0. The standard InChI is InChI=1S/C18H28F3NO4S/c1-3-4-11-27(24,25)22-15-9-5-8-14-13(15)7-6-10-16(14)26-17(23)12(2)18(19,20)21/h13-16,22H,2-11H2,1H3. The van der Waals surface area contributed by atoms with Crippen LogP contribution in [0.2, 0.25) is 0 Å². The summed E-state index contributed by atoms with van der Waals surface area (Å²) in [6.07, 6.45) is 0.0352. The Kier molecular flexibility index (Phi) is 7.35. The van der Waals surface area contributed by atoms with Crippen LogP contribution in [0.15, 0.2) is 12.2 Å². The van der Waals surface area contributed by atoms with E-state index in [2.05, 4.69) is 11.3 Å². The number of alkyl halides is 3. The highest BCUT2D eigenvalue weighted by Gasteiger charge is 2.45. The van der Waals surface area contributed by atoms with Gasteiger partial charge in [0.25, 0.3) is 0 Å². The van der Waals surface area contributed by atoms with Crippen molar-refractivity contribution in [3.8, 4) is 0 Å². The van der Waals surface area contributed by atoms with Crippen molar-refractivity contribution in [2.24, 2.45) is 11.8 Å². The molecule has 0 bridgehead atoms. The topological polar surface area (TPSA) is 72.5 Å². The van der Waals surface area contributed by atoms with Gasteiger partial charge in [-0.2, -0.15) is 13.2 Å². The van der Waals surface area contributed by atoms with Crippen molar-refractivity contribution in [1.29, 1.82) is 0 Å². The fraction of sp³-hybridized carbons (Fsp3) is 0.833. The first-order valence-corrected chi connectivity index (χ1v) is 11.2.